The van der Waals surface area contributed by atoms with E-state index < -0.39 is 9.76 Å². The predicted molar refractivity (Wildman–Crippen MR) is 45.3 cm³/mol. The molecule has 0 saturated carbocycles. The van der Waals surface area contributed by atoms with E-state index in [1.54, 1.807) is 6.92 Å². The van der Waals surface area contributed by atoms with Crippen LogP contribution in [-0.2, 0) is 13.6 Å². The van der Waals surface area contributed by atoms with Gasteiger partial charge in [0.1, 0.15) is 16.7 Å². The summed E-state index contributed by atoms with van der Waals surface area (Å²) >= 11 is 0. The molecule has 0 fully saturated rings. The van der Waals surface area contributed by atoms with E-state index in [0.29, 0.717) is 11.8 Å². The summed E-state index contributed by atoms with van der Waals surface area (Å²) in [7, 11) is 0.168. The van der Waals surface area contributed by atoms with Crippen molar-refractivity contribution in [2.75, 3.05) is 6.23 Å². The monoisotopic (exact) mass is 176 g/mol. The zero-order valence-electron chi connectivity index (χ0n) is 6.35. The van der Waals surface area contributed by atoms with E-state index in [-0.39, 0.29) is 5.97 Å². The number of hydrogen-bond acceptors (Lipinski definition) is 3. The van der Waals surface area contributed by atoms with Crippen LogP contribution in [0.4, 0.5) is 0 Å². The molecule has 0 radical (unpaired) electrons. The first-order valence-corrected chi connectivity index (χ1v) is 5.39. The minimum Gasteiger partial charge on any atom is -0.466 e. The molecule has 0 aliphatic carbocycles. The van der Waals surface area contributed by atoms with Crippen molar-refractivity contribution in [2.24, 2.45) is 0 Å². The molecular formula is C5H12O3Si2. The second kappa shape index (κ2) is 5.39. The summed E-state index contributed by atoms with van der Waals surface area (Å²) in [5.74, 6) is -0.314. The first-order valence-electron chi connectivity index (χ1n) is 3.00. The Hall–Kier alpha value is -0.396. The van der Waals surface area contributed by atoms with Crippen molar-refractivity contribution in [3.05, 3.63) is 12.2 Å². The van der Waals surface area contributed by atoms with Crippen LogP contribution in [0.15, 0.2) is 12.2 Å². The lowest BCUT2D eigenvalue weighted by Gasteiger charge is -2.01. The molecule has 0 spiro atoms. The van der Waals surface area contributed by atoms with Crippen molar-refractivity contribution in [1.82, 2.24) is 0 Å². The lowest BCUT2D eigenvalue weighted by atomic mass is 10.4. The minimum atomic E-state index is -0.576. The number of esters is 1. The highest BCUT2D eigenvalue weighted by molar-refractivity contribution is 6.34. The lowest BCUT2D eigenvalue weighted by Crippen LogP contribution is -2.12. The quantitative estimate of drug-likeness (QED) is 0.225. The zero-order valence-corrected chi connectivity index (χ0v) is 9.76. The highest BCUT2D eigenvalue weighted by atomic mass is 28.3. The fourth-order valence-electron chi connectivity index (χ4n) is 0.341. The Labute approximate surface area is 65.9 Å². The van der Waals surface area contributed by atoms with Crippen molar-refractivity contribution in [2.45, 2.75) is 6.92 Å². The number of carbonyl (C=O) groups excluding carboxylic acids is 1. The molecule has 0 atom stereocenters. The van der Waals surface area contributed by atoms with Gasteiger partial charge in [-0.2, -0.15) is 0 Å². The Kier molecular flexibility index (Phi) is 5.18. The molecule has 0 aliphatic heterocycles. The Morgan fingerprint density at radius 2 is 2.40 bits per heavy atom. The topological polar surface area (TPSA) is 35.5 Å². The van der Waals surface area contributed by atoms with Crippen LogP contribution >= 0.6 is 0 Å². The van der Waals surface area contributed by atoms with Gasteiger partial charge in [0.2, 0.25) is 0 Å². The molecule has 58 valence electrons. The summed E-state index contributed by atoms with van der Waals surface area (Å²) in [4.78, 5) is 10.7. The van der Waals surface area contributed by atoms with Gasteiger partial charge in [-0.25, -0.2) is 4.79 Å². The van der Waals surface area contributed by atoms with Gasteiger partial charge in [0, 0.05) is 5.57 Å². The Morgan fingerprint density at radius 1 is 1.80 bits per heavy atom. The largest absolute Gasteiger partial charge is 0.466 e. The third-order valence-corrected chi connectivity index (χ3v) is 2.87. The smallest absolute Gasteiger partial charge is 0.332 e. The highest BCUT2D eigenvalue weighted by Gasteiger charge is 2.00. The fourth-order valence-corrected chi connectivity index (χ4v) is 1.28. The van der Waals surface area contributed by atoms with Gasteiger partial charge in [0.15, 0.2) is 9.76 Å². The molecule has 0 amide bonds. The van der Waals surface area contributed by atoms with Crippen LogP contribution in [0, 0.1) is 0 Å². The molecule has 0 bridgehead atoms. The van der Waals surface area contributed by atoms with E-state index in [2.05, 4.69) is 6.58 Å². The third-order valence-electron chi connectivity index (χ3n) is 0.869. The Bertz CT molecular complexity index is 135. The van der Waals surface area contributed by atoms with E-state index in [9.17, 15) is 4.79 Å². The molecule has 0 aromatic heterocycles. The molecule has 3 nitrogen and oxygen atoms in total. The van der Waals surface area contributed by atoms with Crippen LogP contribution in [0.3, 0.4) is 0 Å². The molecule has 0 rings (SSSR count). The van der Waals surface area contributed by atoms with Gasteiger partial charge < -0.3 is 8.85 Å². The first-order chi connectivity index (χ1) is 4.68. The highest BCUT2D eigenvalue weighted by Crippen LogP contribution is 1.90. The van der Waals surface area contributed by atoms with Gasteiger partial charge in [-0.1, -0.05) is 6.58 Å². The zero-order chi connectivity index (χ0) is 7.98. The molecule has 0 aromatic rings. The summed E-state index contributed by atoms with van der Waals surface area (Å²) in [6.07, 6.45) is 0.467. The van der Waals surface area contributed by atoms with Crippen LogP contribution in [0.1, 0.15) is 6.92 Å². The summed E-state index contributed by atoms with van der Waals surface area (Å²) in [6, 6.07) is 0. The van der Waals surface area contributed by atoms with Crippen LogP contribution in [0.25, 0.3) is 0 Å². The van der Waals surface area contributed by atoms with Crippen LogP contribution < -0.4 is 0 Å². The number of ether oxygens (including phenoxy) is 1. The molecule has 0 saturated heterocycles. The SMILES string of the molecule is C=C(C)C(=O)OC[SiH2]O[SiH3]. The lowest BCUT2D eigenvalue weighted by molar-refractivity contribution is -0.137. The summed E-state index contributed by atoms with van der Waals surface area (Å²) < 4.78 is 9.71. The molecule has 0 aliphatic rings. The minimum absolute atomic E-state index is 0.314. The second-order valence-electron chi connectivity index (χ2n) is 1.91. The van der Waals surface area contributed by atoms with Crippen molar-refractivity contribution >= 4 is 26.2 Å². The van der Waals surface area contributed by atoms with E-state index in [1.807, 2.05) is 0 Å². The van der Waals surface area contributed by atoms with Gasteiger partial charge in [-0.15, -0.1) is 0 Å². The van der Waals surface area contributed by atoms with Crippen molar-refractivity contribution in [3.8, 4) is 0 Å². The van der Waals surface area contributed by atoms with Crippen LogP contribution in [0.2, 0.25) is 0 Å². The molecular weight excluding hydrogens is 164 g/mol. The molecule has 5 heteroatoms. The number of carbonyl (C=O) groups is 1. The maximum Gasteiger partial charge on any atom is 0.332 e. The van der Waals surface area contributed by atoms with Gasteiger partial charge >= 0.3 is 5.97 Å². The van der Waals surface area contributed by atoms with E-state index in [1.165, 1.54) is 0 Å². The summed E-state index contributed by atoms with van der Waals surface area (Å²) in [6.45, 7) is 5.07. The van der Waals surface area contributed by atoms with E-state index >= 15 is 0 Å². The summed E-state index contributed by atoms with van der Waals surface area (Å²) in [5, 5.41) is 0. The van der Waals surface area contributed by atoms with Gasteiger partial charge in [0.05, 0.1) is 0 Å². The van der Waals surface area contributed by atoms with Gasteiger partial charge in [-0.05, 0) is 6.92 Å². The average Bonchev–Trinajstić information content (AvgIpc) is 1.88. The van der Waals surface area contributed by atoms with Crippen LogP contribution in [-0.4, -0.2) is 32.4 Å². The third kappa shape index (κ3) is 4.48. The molecule has 0 unspecified atom stereocenters. The summed E-state index contributed by atoms with van der Waals surface area (Å²) in [5.41, 5.74) is 0.447. The van der Waals surface area contributed by atoms with E-state index in [0.717, 1.165) is 10.5 Å². The Morgan fingerprint density at radius 3 is 2.80 bits per heavy atom. The molecule has 0 heterocycles. The Balaban J connectivity index is 3.31. The number of hydrogen-bond donors (Lipinski definition) is 0. The second-order valence-corrected chi connectivity index (χ2v) is 5.03. The van der Waals surface area contributed by atoms with Gasteiger partial charge in [-0.3, -0.25) is 0 Å². The van der Waals surface area contributed by atoms with Crippen molar-refractivity contribution < 1.29 is 13.6 Å². The average molecular weight is 176 g/mol. The normalized spacial score (nSPS) is 10.5. The molecule has 0 N–H and O–H groups in total. The molecule has 0 aromatic carbocycles. The maximum atomic E-state index is 10.7. The number of rotatable bonds is 4. The van der Waals surface area contributed by atoms with Crippen molar-refractivity contribution in [3.63, 3.8) is 0 Å². The van der Waals surface area contributed by atoms with Crippen molar-refractivity contribution in [1.29, 1.82) is 0 Å². The predicted octanol–water partition coefficient (Wildman–Crippen LogP) is -1.56. The first kappa shape index (κ1) is 9.60. The van der Waals surface area contributed by atoms with E-state index in [4.69, 9.17) is 8.85 Å². The fraction of sp³-hybridized carbons (Fsp3) is 0.400. The maximum absolute atomic E-state index is 10.7. The van der Waals surface area contributed by atoms with Gasteiger partial charge in [0.25, 0.3) is 0 Å². The molecule has 10 heavy (non-hydrogen) atoms. The van der Waals surface area contributed by atoms with Crippen LogP contribution in [0.5, 0.6) is 0 Å². The standard InChI is InChI=1S/C5H12O3Si2/c1-4(2)5(6)7-3-10-8-9/h1,3,10H2,2,9H3.